The van der Waals surface area contributed by atoms with Crippen LogP contribution in [0.2, 0.25) is 0 Å². The molecule has 0 saturated carbocycles. The first-order valence-corrected chi connectivity index (χ1v) is 8.75. The van der Waals surface area contributed by atoms with Gasteiger partial charge in [0.2, 0.25) is 5.91 Å². The summed E-state index contributed by atoms with van der Waals surface area (Å²) >= 11 is 0. The zero-order valence-electron chi connectivity index (χ0n) is 11.8. The summed E-state index contributed by atoms with van der Waals surface area (Å²) < 4.78 is 23.5. The molecular weight excluding hydrogens is 282 g/mol. The fourth-order valence-electron chi connectivity index (χ4n) is 2.32. The van der Waals surface area contributed by atoms with Crippen molar-refractivity contribution in [2.24, 2.45) is 5.92 Å². The first-order chi connectivity index (χ1) is 9.33. The highest BCUT2D eigenvalue weighted by Crippen LogP contribution is 2.19. The van der Waals surface area contributed by atoms with E-state index in [1.807, 2.05) is 6.92 Å². The fourth-order valence-corrected chi connectivity index (χ4v) is 4.15. The Morgan fingerprint density at radius 3 is 2.60 bits per heavy atom. The lowest BCUT2D eigenvalue weighted by Crippen LogP contribution is -2.43. The van der Waals surface area contributed by atoms with E-state index in [1.165, 1.54) is 0 Å². The van der Waals surface area contributed by atoms with Crippen molar-refractivity contribution < 1.29 is 23.1 Å². The number of carboxylic acid groups (broad SMARTS) is 1. The molecule has 0 aromatic carbocycles. The third-order valence-electron chi connectivity index (χ3n) is 3.66. The molecule has 1 heterocycles. The van der Waals surface area contributed by atoms with E-state index in [2.05, 4.69) is 5.32 Å². The van der Waals surface area contributed by atoms with E-state index in [1.54, 1.807) is 0 Å². The first-order valence-electron chi connectivity index (χ1n) is 7.04. The summed E-state index contributed by atoms with van der Waals surface area (Å²) in [6.07, 6.45) is 3.15. The number of sulfone groups is 1. The molecule has 0 aromatic rings. The van der Waals surface area contributed by atoms with Gasteiger partial charge in [0.15, 0.2) is 9.84 Å². The van der Waals surface area contributed by atoms with Gasteiger partial charge in [-0.2, -0.15) is 0 Å². The van der Waals surface area contributed by atoms with Gasteiger partial charge in [-0.1, -0.05) is 13.3 Å². The molecule has 20 heavy (non-hydrogen) atoms. The molecule has 0 aliphatic carbocycles. The second-order valence-corrected chi connectivity index (χ2v) is 7.77. The Kier molecular flexibility index (Phi) is 6.45. The lowest BCUT2D eigenvalue weighted by atomic mass is 10.0. The van der Waals surface area contributed by atoms with Crippen molar-refractivity contribution in [2.75, 3.05) is 12.3 Å². The fraction of sp³-hybridized carbons (Fsp3) is 0.846. The van der Waals surface area contributed by atoms with Crippen LogP contribution in [0.3, 0.4) is 0 Å². The minimum absolute atomic E-state index is 0.0973. The van der Waals surface area contributed by atoms with Gasteiger partial charge in [-0.3, -0.25) is 9.59 Å². The van der Waals surface area contributed by atoms with Gasteiger partial charge in [-0.25, -0.2) is 8.42 Å². The van der Waals surface area contributed by atoms with Gasteiger partial charge in [0.05, 0.1) is 5.75 Å². The molecule has 0 spiro atoms. The molecule has 2 atom stereocenters. The number of carbonyl (C=O) groups is 2. The summed E-state index contributed by atoms with van der Waals surface area (Å²) in [6, 6.07) is 0. The molecule has 1 aliphatic rings. The van der Waals surface area contributed by atoms with Crippen LogP contribution in [0, 0.1) is 5.92 Å². The van der Waals surface area contributed by atoms with E-state index in [0.29, 0.717) is 32.2 Å². The Balaban J connectivity index is 2.31. The molecule has 0 bridgehead atoms. The maximum absolute atomic E-state index is 11.9. The van der Waals surface area contributed by atoms with Crippen molar-refractivity contribution in [1.29, 1.82) is 0 Å². The third-order valence-corrected chi connectivity index (χ3v) is 5.83. The van der Waals surface area contributed by atoms with Gasteiger partial charge in [-0.15, -0.1) is 0 Å². The molecule has 116 valence electrons. The summed E-state index contributed by atoms with van der Waals surface area (Å²) in [5.41, 5.74) is 0. The number of hydrogen-bond donors (Lipinski definition) is 2. The smallest absolute Gasteiger partial charge is 0.303 e. The van der Waals surface area contributed by atoms with Crippen LogP contribution < -0.4 is 5.32 Å². The second kappa shape index (κ2) is 7.61. The van der Waals surface area contributed by atoms with Crippen LogP contribution in [0.25, 0.3) is 0 Å². The Hall–Kier alpha value is -1.11. The quantitative estimate of drug-likeness (QED) is 0.729. The Morgan fingerprint density at radius 1 is 1.30 bits per heavy atom. The number of aliphatic carboxylic acids is 1. The Morgan fingerprint density at radius 2 is 2.00 bits per heavy atom. The number of nitrogens with one attached hydrogen (secondary N) is 1. The zero-order valence-corrected chi connectivity index (χ0v) is 12.6. The van der Waals surface area contributed by atoms with Crippen LogP contribution in [0.4, 0.5) is 0 Å². The molecule has 2 unspecified atom stereocenters. The predicted molar refractivity (Wildman–Crippen MR) is 75.1 cm³/mol. The van der Waals surface area contributed by atoms with Crippen LogP contribution in [-0.2, 0) is 19.4 Å². The lowest BCUT2D eigenvalue weighted by molar-refractivity contribution is -0.137. The van der Waals surface area contributed by atoms with Crippen molar-refractivity contribution in [2.45, 2.75) is 50.7 Å². The summed E-state index contributed by atoms with van der Waals surface area (Å²) in [7, 11) is -3.28. The van der Waals surface area contributed by atoms with Crippen molar-refractivity contribution in [1.82, 2.24) is 5.32 Å². The van der Waals surface area contributed by atoms with Crippen molar-refractivity contribution in [3.63, 3.8) is 0 Å². The van der Waals surface area contributed by atoms with E-state index in [9.17, 15) is 18.0 Å². The van der Waals surface area contributed by atoms with Crippen LogP contribution in [0.1, 0.15) is 45.4 Å². The summed E-state index contributed by atoms with van der Waals surface area (Å²) in [4.78, 5) is 22.3. The van der Waals surface area contributed by atoms with Gasteiger partial charge >= 0.3 is 5.97 Å². The van der Waals surface area contributed by atoms with Crippen LogP contribution in [0.15, 0.2) is 0 Å². The number of rotatable bonds is 7. The number of amides is 1. The molecule has 1 amide bonds. The molecule has 6 nitrogen and oxygen atoms in total. The maximum atomic E-state index is 11.9. The van der Waals surface area contributed by atoms with E-state index in [4.69, 9.17) is 5.11 Å². The Labute approximate surface area is 119 Å². The SMILES string of the molecule is CC(CCNC(=O)C1CCCCS1(=O)=O)CCC(=O)O. The highest BCUT2D eigenvalue weighted by Gasteiger charge is 2.34. The van der Waals surface area contributed by atoms with Gasteiger partial charge < -0.3 is 10.4 Å². The highest BCUT2D eigenvalue weighted by atomic mass is 32.2. The molecule has 1 rings (SSSR count). The maximum Gasteiger partial charge on any atom is 0.303 e. The van der Waals surface area contributed by atoms with Crippen molar-refractivity contribution >= 4 is 21.7 Å². The van der Waals surface area contributed by atoms with Gasteiger partial charge in [-0.05, 0) is 31.6 Å². The number of carboxylic acids is 1. The average molecular weight is 305 g/mol. The predicted octanol–water partition coefficient (Wildman–Crippen LogP) is 0.961. The van der Waals surface area contributed by atoms with Gasteiger partial charge in [0.25, 0.3) is 0 Å². The van der Waals surface area contributed by atoms with E-state index >= 15 is 0 Å². The van der Waals surface area contributed by atoms with Gasteiger partial charge in [0, 0.05) is 13.0 Å². The van der Waals surface area contributed by atoms with Crippen molar-refractivity contribution in [3.8, 4) is 0 Å². The van der Waals surface area contributed by atoms with E-state index in [-0.39, 0.29) is 18.1 Å². The normalized spacial score (nSPS) is 22.9. The summed E-state index contributed by atoms with van der Waals surface area (Å²) in [5, 5.41) is 10.3. The van der Waals surface area contributed by atoms with Gasteiger partial charge in [0.1, 0.15) is 5.25 Å². The molecule has 1 fully saturated rings. The monoisotopic (exact) mass is 305 g/mol. The lowest BCUT2D eigenvalue weighted by Gasteiger charge is -2.21. The Bertz CT molecular complexity index is 446. The minimum atomic E-state index is -3.28. The molecule has 1 aliphatic heterocycles. The number of hydrogen-bond acceptors (Lipinski definition) is 4. The molecular formula is C13H23NO5S. The minimum Gasteiger partial charge on any atom is -0.481 e. The highest BCUT2D eigenvalue weighted by molar-refractivity contribution is 7.92. The van der Waals surface area contributed by atoms with Crippen molar-refractivity contribution in [3.05, 3.63) is 0 Å². The van der Waals surface area contributed by atoms with Crippen LogP contribution in [-0.4, -0.2) is 42.9 Å². The molecule has 1 saturated heterocycles. The average Bonchev–Trinajstić information content (AvgIpc) is 2.35. The molecule has 7 heteroatoms. The van der Waals surface area contributed by atoms with Crippen LogP contribution in [0.5, 0.6) is 0 Å². The largest absolute Gasteiger partial charge is 0.481 e. The second-order valence-electron chi connectivity index (χ2n) is 5.47. The molecule has 2 N–H and O–H groups in total. The zero-order chi connectivity index (χ0) is 15.2. The summed E-state index contributed by atoms with van der Waals surface area (Å²) in [6.45, 7) is 2.32. The van der Waals surface area contributed by atoms with E-state index < -0.39 is 27.0 Å². The summed E-state index contributed by atoms with van der Waals surface area (Å²) in [5.74, 6) is -0.946. The first kappa shape index (κ1) is 16.9. The topological polar surface area (TPSA) is 101 Å². The molecule has 0 aromatic heterocycles. The third kappa shape index (κ3) is 5.48. The number of carbonyl (C=O) groups excluding carboxylic acids is 1. The molecule has 0 radical (unpaired) electrons. The van der Waals surface area contributed by atoms with E-state index in [0.717, 1.165) is 6.42 Å². The van der Waals surface area contributed by atoms with Crippen LogP contribution >= 0.6 is 0 Å². The standard InChI is InChI=1S/C13H23NO5S/c1-10(5-6-12(15)16)7-8-14-13(17)11-4-2-3-9-20(11,18)19/h10-11H,2-9H2,1H3,(H,14,17)(H,15,16).